The summed E-state index contributed by atoms with van der Waals surface area (Å²) in [5.74, 6) is 0.817. The summed E-state index contributed by atoms with van der Waals surface area (Å²) >= 11 is 0. The van der Waals surface area contributed by atoms with Crippen molar-refractivity contribution in [3.8, 4) is 0 Å². The van der Waals surface area contributed by atoms with Gasteiger partial charge in [0.2, 0.25) is 0 Å². The molecule has 0 spiro atoms. The lowest BCUT2D eigenvalue weighted by molar-refractivity contribution is 0.324. The summed E-state index contributed by atoms with van der Waals surface area (Å²) in [6.45, 7) is 5.62. The minimum absolute atomic E-state index is 0.497. The first-order valence-corrected chi connectivity index (χ1v) is 5.76. The molecule has 0 radical (unpaired) electrons. The highest BCUT2D eigenvalue weighted by Gasteiger charge is 2.20. The van der Waals surface area contributed by atoms with E-state index in [4.69, 9.17) is 5.73 Å². The van der Waals surface area contributed by atoms with Crippen molar-refractivity contribution >= 4 is 5.69 Å². The lowest BCUT2D eigenvalue weighted by Crippen LogP contribution is -2.31. The van der Waals surface area contributed by atoms with Gasteiger partial charge >= 0.3 is 0 Å². The molecule has 3 N–H and O–H groups in total. The van der Waals surface area contributed by atoms with Gasteiger partial charge in [0.15, 0.2) is 0 Å². The summed E-state index contributed by atoms with van der Waals surface area (Å²) in [6.07, 6.45) is 2.52. The third kappa shape index (κ3) is 2.32. The van der Waals surface area contributed by atoms with Crippen molar-refractivity contribution in [1.29, 1.82) is 0 Å². The van der Waals surface area contributed by atoms with Gasteiger partial charge in [-0.25, -0.2) is 0 Å². The molecule has 2 nitrogen and oxygen atoms in total. The first-order chi connectivity index (χ1) is 7.16. The van der Waals surface area contributed by atoms with Crippen LogP contribution in [0.1, 0.15) is 36.9 Å². The molecule has 0 aliphatic carbocycles. The van der Waals surface area contributed by atoms with E-state index in [1.165, 1.54) is 24.0 Å². The fourth-order valence-electron chi connectivity index (χ4n) is 2.38. The van der Waals surface area contributed by atoms with Crippen LogP contribution in [0.25, 0.3) is 0 Å². The van der Waals surface area contributed by atoms with Gasteiger partial charge in [-0.15, -0.1) is 0 Å². The number of benzene rings is 1. The van der Waals surface area contributed by atoms with Crippen molar-refractivity contribution in [2.75, 3.05) is 12.3 Å². The van der Waals surface area contributed by atoms with E-state index < -0.39 is 0 Å². The van der Waals surface area contributed by atoms with Gasteiger partial charge in [0.05, 0.1) is 0 Å². The number of anilines is 1. The maximum Gasteiger partial charge on any atom is 0.0326 e. The SMILES string of the molecule is Cc1ccc(N)cc1C1CC(C)CCN1. The third-order valence-corrected chi connectivity index (χ3v) is 3.34. The number of nitrogen functional groups attached to an aromatic ring is 1. The van der Waals surface area contributed by atoms with E-state index in [1.807, 2.05) is 6.07 Å². The average molecular weight is 204 g/mol. The van der Waals surface area contributed by atoms with Crippen LogP contribution in [-0.2, 0) is 0 Å². The molecule has 1 fully saturated rings. The predicted molar refractivity (Wildman–Crippen MR) is 64.7 cm³/mol. The number of nitrogens with one attached hydrogen (secondary N) is 1. The summed E-state index contributed by atoms with van der Waals surface area (Å²) in [6, 6.07) is 6.71. The van der Waals surface area contributed by atoms with Gasteiger partial charge in [-0.3, -0.25) is 0 Å². The first-order valence-electron chi connectivity index (χ1n) is 5.76. The van der Waals surface area contributed by atoms with Crippen molar-refractivity contribution in [2.24, 2.45) is 5.92 Å². The van der Waals surface area contributed by atoms with Crippen LogP contribution in [0.5, 0.6) is 0 Å². The molecule has 2 atom stereocenters. The molecule has 2 rings (SSSR count). The van der Waals surface area contributed by atoms with E-state index in [1.54, 1.807) is 0 Å². The Balaban J connectivity index is 2.24. The third-order valence-electron chi connectivity index (χ3n) is 3.34. The standard InChI is InChI=1S/C13H20N2/c1-9-5-6-15-13(7-9)12-8-11(14)4-3-10(12)2/h3-4,8-9,13,15H,5-7,14H2,1-2H3. The van der Waals surface area contributed by atoms with Gasteiger partial charge in [0, 0.05) is 11.7 Å². The molecule has 0 aromatic heterocycles. The van der Waals surface area contributed by atoms with Crippen LogP contribution in [0.3, 0.4) is 0 Å². The van der Waals surface area contributed by atoms with Crippen molar-refractivity contribution < 1.29 is 0 Å². The van der Waals surface area contributed by atoms with Crippen LogP contribution in [0, 0.1) is 12.8 Å². The van der Waals surface area contributed by atoms with Crippen LogP contribution in [-0.4, -0.2) is 6.54 Å². The van der Waals surface area contributed by atoms with E-state index >= 15 is 0 Å². The lowest BCUT2D eigenvalue weighted by Gasteiger charge is -2.29. The number of aryl methyl sites for hydroxylation is 1. The maximum absolute atomic E-state index is 5.84. The Morgan fingerprint density at radius 1 is 1.40 bits per heavy atom. The van der Waals surface area contributed by atoms with E-state index in [0.717, 1.165) is 18.2 Å². The highest BCUT2D eigenvalue weighted by molar-refractivity contribution is 5.45. The molecule has 1 heterocycles. The van der Waals surface area contributed by atoms with Gasteiger partial charge in [0.25, 0.3) is 0 Å². The van der Waals surface area contributed by atoms with E-state index in [0.29, 0.717) is 6.04 Å². The van der Waals surface area contributed by atoms with Crippen LogP contribution in [0.4, 0.5) is 5.69 Å². The number of nitrogens with two attached hydrogens (primary N) is 1. The van der Waals surface area contributed by atoms with E-state index in [9.17, 15) is 0 Å². The van der Waals surface area contributed by atoms with E-state index in [2.05, 4.69) is 31.3 Å². The molecule has 1 aromatic carbocycles. The normalized spacial score (nSPS) is 26.5. The van der Waals surface area contributed by atoms with Gasteiger partial charge < -0.3 is 11.1 Å². The number of hydrogen-bond donors (Lipinski definition) is 2. The number of piperidine rings is 1. The van der Waals surface area contributed by atoms with E-state index in [-0.39, 0.29) is 0 Å². The monoisotopic (exact) mass is 204 g/mol. The molecule has 1 aliphatic rings. The molecule has 0 saturated carbocycles. The van der Waals surface area contributed by atoms with Crippen molar-refractivity contribution in [3.63, 3.8) is 0 Å². The highest BCUT2D eigenvalue weighted by Crippen LogP contribution is 2.29. The molecule has 2 unspecified atom stereocenters. The van der Waals surface area contributed by atoms with Crippen LogP contribution in [0.2, 0.25) is 0 Å². The second-order valence-corrected chi connectivity index (χ2v) is 4.75. The molecule has 15 heavy (non-hydrogen) atoms. The quantitative estimate of drug-likeness (QED) is 0.690. The predicted octanol–water partition coefficient (Wildman–Crippen LogP) is 2.64. The van der Waals surface area contributed by atoms with Gasteiger partial charge in [-0.2, -0.15) is 0 Å². The number of hydrogen-bond acceptors (Lipinski definition) is 2. The van der Waals surface area contributed by atoms with Gasteiger partial charge in [-0.05, 0) is 55.5 Å². The van der Waals surface area contributed by atoms with Gasteiger partial charge in [0.1, 0.15) is 0 Å². The summed E-state index contributed by atoms with van der Waals surface area (Å²) in [5, 5.41) is 3.58. The summed E-state index contributed by atoms with van der Waals surface area (Å²) < 4.78 is 0. The molecular formula is C13H20N2. The summed E-state index contributed by atoms with van der Waals surface area (Å²) in [4.78, 5) is 0. The smallest absolute Gasteiger partial charge is 0.0326 e. The topological polar surface area (TPSA) is 38.0 Å². The zero-order valence-corrected chi connectivity index (χ0v) is 9.59. The minimum Gasteiger partial charge on any atom is -0.399 e. The Bertz CT molecular complexity index is 346. The largest absolute Gasteiger partial charge is 0.399 e. The van der Waals surface area contributed by atoms with Crippen LogP contribution < -0.4 is 11.1 Å². The fraction of sp³-hybridized carbons (Fsp3) is 0.538. The molecule has 1 aliphatic heterocycles. The minimum atomic E-state index is 0.497. The fourth-order valence-corrected chi connectivity index (χ4v) is 2.38. The molecule has 0 amide bonds. The Labute approximate surface area is 91.9 Å². The zero-order chi connectivity index (χ0) is 10.8. The van der Waals surface area contributed by atoms with Crippen LogP contribution >= 0.6 is 0 Å². The molecule has 0 bridgehead atoms. The first kappa shape index (κ1) is 10.5. The molecule has 1 saturated heterocycles. The number of rotatable bonds is 1. The molecule has 82 valence electrons. The highest BCUT2D eigenvalue weighted by atomic mass is 14.9. The maximum atomic E-state index is 5.84. The second-order valence-electron chi connectivity index (χ2n) is 4.75. The average Bonchev–Trinajstić information content (AvgIpc) is 2.22. The summed E-state index contributed by atoms with van der Waals surface area (Å²) in [7, 11) is 0. The molecule has 2 heteroatoms. The van der Waals surface area contributed by atoms with Crippen molar-refractivity contribution in [1.82, 2.24) is 5.32 Å². The van der Waals surface area contributed by atoms with Crippen molar-refractivity contribution in [2.45, 2.75) is 32.7 Å². The Morgan fingerprint density at radius 3 is 2.93 bits per heavy atom. The second kappa shape index (κ2) is 4.23. The zero-order valence-electron chi connectivity index (χ0n) is 9.59. The Morgan fingerprint density at radius 2 is 2.20 bits per heavy atom. The Hall–Kier alpha value is -1.02. The van der Waals surface area contributed by atoms with Gasteiger partial charge in [-0.1, -0.05) is 13.0 Å². The molecular weight excluding hydrogens is 184 g/mol. The summed E-state index contributed by atoms with van der Waals surface area (Å²) in [5.41, 5.74) is 9.43. The molecule has 1 aromatic rings. The van der Waals surface area contributed by atoms with Crippen LogP contribution in [0.15, 0.2) is 18.2 Å². The lowest BCUT2D eigenvalue weighted by atomic mass is 9.88. The Kier molecular flexibility index (Phi) is 2.96. The van der Waals surface area contributed by atoms with Crippen molar-refractivity contribution in [3.05, 3.63) is 29.3 Å².